The van der Waals surface area contributed by atoms with Gasteiger partial charge in [-0.1, -0.05) is 5.16 Å². The third-order valence-electron chi connectivity index (χ3n) is 2.50. The summed E-state index contributed by atoms with van der Waals surface area (Å²) in [4.78, 5) is 11.1. The Hall–Kier alpha value is -2.37. The largest absolute Gasteiger partial charge is 0.496 e. The van der Waals surface area contributed by atoms with Gasteiger partial charge in [0.25, 0.3) is 0 Å². The monoisotopic (exact) mass is 251 g/mol. The Morgan fingerprint density at radius 2 is 2.22 bits per heavy atom. The molecule has 0 unspecified atom stereocenters. The molecule has 0 radical (unpaired) electrons. The van der Waals surface area contributed by atoms with E-state index in [-0.39, 0.29) is 22.8 Å². The number of methoxy groups -OCH3 is 1. The summed E-state index contributed by atoms with van der Waals surface area (Å²) in [5, 5.41) is 12.8. The molecule has 0 saturated heterocycles. The summed E-state index contributed by atoms with van der Waals surface area (Å²) in [7, 11) is 1.37. The van der Waals surface area contributed by atoms with Crippen molar-refractivity contribution in [1.82, 2.24) is 5.16 Å². The lowest BCUT2D eigenvalue weighted by Gasteiger charge is -2.06. The van der Waals surface area contributed by atoms with Crippen LogP contribution in [0.3, 0.4) is 0 Å². The van der Waals surface area contributed by atoms with Crippen molar-refractivity contribution in [2.45, 2.75) is 6.92 Å². The zero-order chi connectivity index (χ0) is 13.3. The van der Waals surface area contributed by atoms with Crippen molar-refractivity contribution in [2.75, 3.05) is 7.11 Å². The summed E-state index contributed by atoms with van der Waals surface area (Å²) in [5.74, 6) is -1.25. The molecule has 18 heavy (non-hydrogen) atoms. The molecule has 0 spiro atoms. The van der Waals surface area contributed by atoms with Crippen LogP contribution in [-0.4, -0.2) is 23.3 Å². The Morgan fingerprint density at radius 1 is 1.50 bits per heavy atom. The number of carboxylic acids is 1. The van der Waals surface area contributed by atoms with E-state index in [2.05, 4.69) is 5.16 Å². The molecule has 94 valence electrons. The van der Waals surface area contributed by atoms with Crippen molar-refractivity contribution in [3.8, 4) is 17.0 Å². The molecule has 5 nitrogen and oxygen atoms in total. The molecule has 0 fully saturated rings. The maximum atomic E-state index is 13.1. The number of aromatic nitrogens is 1. The number of benzene rings is 1. The van der Waals surface area contributed by atoms with Gasteiger partial charge in [0, 0.05) is 11.6 Å². The standard InChI is InChI=1S/C12H10FNO4/c1-6-10(12(15)16)11(14-18-6)8-4-3-7(13)5-9(8)17-2/h3-5H,1-2H3,(H,15,16). The van der Waals surface area contributed by atoms with Gasteiger partial charge in [-0.05, 0) is 19.1 Å². The van der Waals surface area contributed by atoms with E-state index < -0.39 is 11.8 Å². The van der Waals surface area contributed by atoms with Gasteiger partial charge in [-0.2, -0.15) is 0 Å². The minimum absolute atomic E-state index is 0.0556. The van der Waals surface area contributed by atoms with Crippen LogP contribution in [0.2, 0.25) is 0 Å². The van der Waals surface area contributed by atoms with Gasteiger partial charge in [0.05, 0.1) is 7.11 Å². The molecule has 0 aliphatic rings. The van der Waals surface area contributed by atoms with Crippen molar-refractivity contribution in [1.29, 1.82) is 0 Å². The highest BCUT2D eigenvalue weighted by molar-refractivity contribution is 5.96. The van der Waals surface area contributed by atoms with Crippen molar-refractivity contribution < 1.29 is 23.6 Å². The van der Waals surface area contributed by atoms with Gasteiger partial charge in [-0.25, -0.2) is 9.18 Å². The first-order chi connectivity index (χ1) is 8.54. The highest BCUT2D eigenvalue weighted by Crippen LogP contribution is 2.33. The summed E-state index contributed by atoms with van der Waals surface area (Å²) in [6.45, 7) is 1.50. The SMILES string of the molecule is COc1cc(F)ccc1-c1noc(C)c1C(=O)O. The lowest BCUT2D eigenvalue weighted by atomic mass is 10.1. The van der Waals surface area contributed by atoms with Crippen LogP contribution in [0.4, 0.5) is 4.39 Å². The Labute approximate surface area is 102 Å². The fraction of sp³-hybridized carbons (Fsp3) is 0.167. The molecule has 2 rings (SSSR count). The number of halogens is 1. The van der Waals surface area contributed by atoms with Crippen LogP contribution in [-0.2, 0) is 0 Å². The number of ether oxygens (including phenoxy) is 1. The van der Waals surface area contributed by atoms with Gasteiger partial charge in [0.1, 0.15) is 28.6 Å². The highest BCUT2D eigenvalue weighted by Gasteiger charge is 2.23. The van der Waals surface area contributed by atoms with E-state index in [9.17, 15) is 9.18 Å². The summed E-state index contributed by atoms with van der Waals surface area (Å²) in [6, 6.07) is 3.76. The van der Waals surface area contributed by atoms with Crippen LogP contribution in [0.1, 0.15) is 16.1 Å². The van der Waals surface area contributed by atoms with E-state index in [0.29, 0.717) is 5.56 Å². The van der Waals surface area contributed by atoms with E-state index >= 15 is 0 Å². The number of hydrogen-bond acceptors (Lipinski definition) is 4. The van der Waals surface area contributed by atoms with Crippen molar-refractivity contribution >= 4 is 5.97 Å². The third kappa shape index (κ3) is 1.92. The molecule has 1 heterocycles. The number of nitrogens with zero attached hydrogens (tertiary/aromatic N) is 1. The Bertz CT molecular complexity index is 606. The maximum Gasteiger partial charge on any atom is 0.341 e. The topological polar surface area (TPSA) is 72.6 Å². The minimum Gasteiger partial charge on any atom is -0.496 e. The maximum absolute atomic E-state index is 13.1. The van der Waals surface area contributed by atoms with E-state index in [1.807, 2.05) is 0 Å². The zero-order valence-electron chi connectivity index (χ0n) is 9.73. The third-order valence-corrected chi connectivity index (χ3v) is 2.50. The van der Waals surface area contributed by atoms with Crippen LogP contribution in [0, 0.1) is 12.7 Å². The van der Waals surface area contributed by atoms with Gasteiger partial charge in [-0.15, -0.1) is 0 Å². The molecular formula is C12H10FNO4. The van der Waals surface area contributed by atoms with Gasteiger partial charge in [0.15, 0.2) is 0 Å². The number of aromatic carboxylic acids is 1. The smallest absolute Gasteiger partial charge is 0.341 e. The Balaban J connectivity index is 2.66. The van der Waals surface area contributed by atoms with Gasteiger partial charge < -0.3 is 14.4 Å². The number of carbonyl (C=O) groups is 1. The second kappa shape index (κ2) is 4.48. The van der Waals surface area contributed by atoms with Crippen molar-refractivity contribution in [2.24, 2.45) is 0 Å². The number of aryl methyl sites for hydroxylation is 1. The number of rotatable bonds is 3. The van der Waals surface area contributed by atoms with Crippen LogP contribution in [0.25, 0.3) is 11.3 Å². The van der Waals surface area contributed by atoms with Crippen LogP contribution >= 0.6 is 0 Å². The molecule has 0 atom stereocenters. The first-order valence-corrected chi connectivity index (χ1v) is 5.08. The Kier molecular flexibility index (Phi) is 3.01. The lowest BCUT2D eigenvalue weighted by Crippen LogP contribution is -2.00. The highest BCUT2D eigenvalue weighted by atomic mass is 19.1. The summed E-state index contributed by atoms with van der Waals surface area (Å²) in [5.41, 5.74) is 0.435. The van der Waals surface area contributed by atoms with E-state index in [4.69, 9.17) is 14.4 Å². The summed E-state index contributed by atoms with van der Waals surface area (Å²) < 4.78 is 22.9. The molecule has 1 N–H and O–H groups in total. The van der Waals surface area contributed by atoms with E-state index in [0.717, 1.165) is 6.07 Å². The lowest BCUT2D eigenvalue weighted by molar-refractivity contribution is 0.0696. The first kappa shape index (κ1) is 12.1. The molecule has 0 saturated carbocycles. The van der Waals surface area contributed by atoms with Crippen molar-refractivity contribution in [3.63, 3.8) is 0 Å². The van der Waals surface area contributed by atoms with E-state index in [1.54, 1.807) is 0 Å². The summed E-state index contributed by atoms with van der Waals surface area (Å²) >= 11 is 0. The van der Waals surface area contributed by atoms with E-state index in [1.165, 1.54) is 26.2 Å². The van der Waals surface area contributed by atoms with Crippen molar-refractivity contribution in [3.05, 3.63) is 35.3 Å². The molecule has 0 aliphatic carbocycles. The zero-order valence-corrected chi connectivity index (χ0v) is 9.73. The second-order valence-electron chi connectivity index (χ2n) is 3.61. The number of carboxylic acid groups (broad SMARTS) is 1. The predicted molar refractivity (Wildman–Crippen MR) is 60.1 cm³/mol. The Morgan fingerprint density at radius 3 is 2.83 bits per heavy atom. The number of hydrogen-bond donors (Lipinski definition) is 1. The molecule has 0 amide bonds. The minimum atomic E-state index is -1.16. The molecule has 0 bridgehead atoms. The molecule has 2 aromatic rings. The van der Waals surface area contributed by atoms with Crippen LogP contribution in [0.5, 0.6) is 5.75 Å². The average Bonchev–Trinajstić information content (AvgIpc) is 2.70. The van der Waals surface area contributed by atoms with Gasteiger partial charge in [-0.3, -0.25) is 0 Å². The molecule has 1 aromatic heterocycles. The molecule has 1 aromatic carbocycles. The normalized spacial score (nSPS) is 10.4. The second-order valence-corrected chi connectivity index (χ2v) is 3.61. The fourth-order valence-corrected chi connectivity index (χ4v) is 1.67. The van der Waals surface area contributed by atoms with Crippen LogP contribution < -0.4 is 4.74 Å². The molecule has 0 aliphatic heterocycles. The predicted octanol–water partition coefficient (Wildman–Crippen LogP) is 2.50. The molecule has 6 heteroatoms. The quantitative estimate of drug-likeness (QED) is 0.907. The van der Waals surface area contributed by atoms with Gasteiger partial charge in [0.2, 0.25) is 0 Å². The molecular weight excluding hydrogens is 241 g/mol. The fourth-order valence-electron chi connectivity index (χ4n) is 1.67. The van der Waals surface area contributed by atoms with Gasteiger partial charge >= 0.3 is 5.97 Å². The summed E-state index contributed by atoms with van der Waals surface area (Å²) in [6.07, 6.45) is 0. The first-order valence-electron chi connectivity index (χ1n) is 5.08. The van der Waals surface area contributed by atoms with Crippen LogP contribution in [0.15, 0.2) is 22.7 Å². The average molecular weight is 251 g/mol.